The molecule has 0 aliphatic carbocycles. The molecule has 1 N–H and O–H groups in total. The Hall–Kier alpha value is -1.00. The van der Waals surface area contributed by atoms with Gasteiger partial charge in [0.15, 0.2) is 0 Å². The van der Waals surface area contributed by atoms with Crippen molar-refractivity contribution in [3.8, 4) is 0 Å². The lowest BCUT2D eigenvalue weighted by Crippen LogP contribution is -2.32. The molecule has 0 saturated carbocycles. The first-order valence-corrected chi connectivity index (χ1v) is 6.41. The van der Waals surface area contributed by atoms with E-state index in [2.05, 4.69) is 5.32 Å². The van der Waals surface area contributed by atoms with Gasteiger partial charge in [-0.25, -0.2) is 8.78 Å². The fourth-order valence-electron chi connectivity index (χ4n) is 1.95. The first kappa shape index (κ1) is 15.1. The standard InChI is InChI=1S/C14H21F2NO/c1-3-17-14(5-6-18-4-2)9-11-7-12(15)10-13(16)8-11/h7-8,10,14,17H,3-6,9H2,1-2H3. The molecular formula is C14H21F2NO. The lowest BCUT2D eigenvalue weighted by molar-refractivity contribution is 0.136. The van der Waals surface area contributed by atoms with Crippen molar-refractivity contribution in [3.63, 3.8) is 0 Å². The molecule has 102 valence electrons. The molecule has 0 bridgehead atoms. The molecule has 1 rings (SSSR count). The quantitative estimate of drug-likeness (QED) is 0.723. The second kappa shape index (κ2) is 8.16. The predicted molar refractivity (Wildman–Crippen MR) is 68.6 cm³/mol. The predicted octanol–water partition coefficient (Wildman–Crippen LogP) is 2.91. The Labute approximate surface area is 107 Å². The summed E-state index contributed by atoms with van der Waals surface area (Å²) in [6.45, 7) is 6.14. The molecule has 18 heavy (non-hydrogen) atoms. The van der Waals surface area contributed by atoms with E-state index in [4.69, 9.17) is 4.74 Å². The monoisotopic (exact) mass is 257 g/mol. The van der Waals surface area contributed by atoms with Crippen molar-refractivity contribution in [1.29, 1.82) is 0 Å². The van der Waals surface area contributed by atoms with Crippen LogP contribution in [0.3, 0.4) is 0 Å². The van der Waals surface area contributed by atoms with Gasteiger partial charge in [0.25, 0.3) is 0 Å². The van der Waals surface area contributed by atoms with Gasteiger partial charge in [0, 0.05) is 25.3 Å². The Bertz CT molecular complexity index is 337. The highest BCUT2D eigenvalue weighted by atomic mass is 19.1. The fourth-order valence-corrected chi connectivity index (χ4v) is 1.95. The van der Waals surface area contributed by atoms with Crippen LogP contribution in [0.2, 0.25) is 0 Å². The van der Waals surface area contributed by atoms with Crippen LogP contribution < -0.4 is 5.32 Å². The Kier molecular flexibility index (Phi) is 6.83. The summed E-state index contributed by atoms with van der Waals surface area (Å²) in [6, 6.07) is 3.84. The highest BCUT2D eigenvalue weighted by molar-refractivity contribution is 5.18. The number of nitrogens with one attached hydrogen (secondary N) is 1. The zero-order valence-electron chi connectivity index (χ0n) is 11.0. The van der Waals surface area contributed by atoms with E-state index in [0.717, 1.165) is 19.0 Å². The van der Waals surface area contributed by atoms with Gasteiger partial charge in [-0.15, -0.1) is 0 Å². The number of halogens is 2. The van der Waals surface area contributed by atoms with Gasteiger partial charge in [-0.2, -0.15) is 0 Å². The molecule has 0 aromatic heterocycles. The van der Waals surface area contributed by atoms with Crippen LogP contribution in [0.5, 0.6) is 0 Å². The normalized spacial score (nSPS) is 12.7. The van der Waals surface area contributed by atoms with Crippen LogP contribution in [0.1, 0.15) is 25.8 Å². The van der Waals surface area contributed by atoms with Gasteiger partial charge in [-0.3, -0.25) is 0 Å². The summed E-state index contributed by atoms with van der Waals surface area (Å²) in [5, 5.41) is 3.30. The van der Waals surface area contributed by atoms with Crippen molar-refractivity contribution in [1.82, 2.24) is 5.32 Å². The molecule has 0 amide bonds. The summed E-state index contributed by atoms with van der Waals surface area (Å²) in [5.41, 5.74) is 0.676. The average molecular weight is 257 g/mol. The smallest absolute Gasteiger partial charge is 0.126 e. The summed E-state index contributed by atoms with van der Waals surface area (Å²) in [5.74, 6) is -1.05. The molecule has 0 aliphatic rings. The van der Waals surface area contributed by atoms with Crippen molar-refractivity contribution < 1.29 is 13.5 Å². The van der Waals surface area contributed by atoms with Gasteiger partial charge in [-0.1, -0.05) is 6.92 Å². The molecule has 1 aromatic rings. The van der Waals surface area contributed by atoms with Crippen LogP contribution in [-0.2, 0) is 11.2 Å². The van der Waals surface area contributed by atoms with E-state index in [0.29, 0.717) is 25.2 Å². The van der Waals surface area contributed by atoms with Crippen LogP contribution in [0.15, 0.2) is 18.2 Å². The van der Waals surface area contributed by atoms with Gasteiger partial charge >= 0.3 is 0 Å². The highest BCUT2D eigenvalue weighted by Crippen LogP contribution is 2.11. The van der Waals surface area contributed by atoms with Crippen LogP contribution >= 0.6 is 0 Å². The SMILES string of the molecule is CCNC(CCOCC)Cc1cc(F)cc(F)c1. The van der Waals surface area contributed by atoms with Crippen LogP contribution in [-0.4, -0.2) is 25.8 Å². The molecule has 0 aliphatic heterocycles. The molecule has 1 unspecified atom stereocenters. The van der Waals surface area contributed by atoms with Crippen molar-refractivity contribution in [2.75, 3.05) is 19.8 Å². The van der Waals surface area contributed by atoms with Gasteiger partial charge < -0.3 is 10.1 Å². The van der Waals surface area contributed by atoms with Crippen molar-refractivity contribution in [2.45, 2.75) is 32.7 Å². The summed E-state index contributed by atoms with van der Waals surface area (Å²) in [4.78, 5) is 0. The van der Waals surface area contributed by atoms with E-state index in [1.54, 1.807) is 0 Å². The molecule has 1 aromatic carbocycles. The van der Waals surface area contributed by atoms with Gasteiger partial charge in [0.05, 0.1) is 0 Å². The molecule has 0 saturated heterocycles. The zero-order valence-corrected chi connectivity index (χ0v) is 11.0. The van der Waals surface area contributed by atoms with E-state index in [1.807, 2.05) is 13.8 Å². The minimum atomic E-state index is -0.523. The largest absolute Gasteiger partial charge is 0.382 e. The molecule has 1 atom stereocenters. The molecule has 0 spiro atoms. The van der Waals surface area contributed by atoms with Gasteiger partial charge in [-0.05, 0) is 44.0 Å². The third-order valence-electron chi connectivity index (χ3n) is 2.71. The number of hydrogen-bond donors (Lipinski definition) is 1. The Balaban J connectivity index is 2.58. The number of hydrogen-bond acceptors (Lipinski definition) is 2. The number of likely N-dealkylation sites (N-methyl/N-ethyl adjacent to an activating group) is 1. The van der Waals surface area contributed by atoms with Crippen molar-refractivity contribution >= 4 is 0 Å². The number of ether oxygens (including phenoxy) is 1. The zero-order chi connectivity index (χ0) is 13.4. The van der Waals surface area contributed by atoms with E-state index < -0.39 is 11.6 Å². The summed E-state index contributed by atoms with van der Waals surface area (Å²) >= 11 is 0. The lowest BCUT2D eigenvalue weighted by atomic mass is 10.0. The van der Waals surface area contributed by atoms with Gasteiger partial charge in [0.2, 0.25) is 0 Å². The third-order valence-corrected chi connectivity index (χ3v) is 2.71. The maximum atomic E-state index is 13.1. The first-order valence-electron chi connectivity index (χ1n) is 6.41. The highest BCUT2D eigenvalue weighted by Gasteiger charge is 2.10. The van der Waals surface area contributed by atoms with E-state index in [1.165, 1.54) is 12.1 Å². The minimum Gasteiger partial charge on any atom is -0.382 e. The molecule has 4 heteroatoms. The maximum Gasteiger partial charge on any atom is 0.126 e. The van der Waals surface area contributed by atoms with E-state index in [9.17, 15) is 8.78 Å². The van der Waals surface area contributed by atoms with Crippen molar-refractivity contribution in [2.24, 2.45) is 0 Å². The second-order valence-corrected chi connectivity index (χ2v) is 4.22. The second-order valence-electron chi connectivity index (χ2n) is 4.22. The average Bonchev–Trinajstić information content (AvgIpc) is 2.28. The minimum absolute atomic E-state index is 0.183. The summed E-state index contributed by atoms with van der Waals surface area (Å²) in [6.07, 6.45) is 1.44. The topological polar surface area (TPSA) is 21.3 Å². The first-order chi connectivity index (χ1) is 8.65. The number of benzene rings is 1. The van der Waals surface area contributed by atoms with Crippen LogP contribution in [0.25, 0.3) is 0 Å². The number of rotatable bonds is 8. The fraction of sp³-hybridized carbons (Fsp3) is 0.571. The molecule has 0 heterocycles. The summed E-state index contributed by atoms with van der Waals surface area (Å²) < 4.78 is 31.5. The maximum absolute atomic E-state index is 13.1. The Morgan fingerprint density at radius 1 is 1.17 bits per heavy atom. The third kappa shape index (κ3) is 5.56. The summed E-state index contributed by atoms with van der Waals surface area (Å²) in [7, 11) is 0. The van der Waals surface area contributed by atoms with Crippen LogP contribution in [0.4, 0.5) is 8.78 Å². The van der Waals surface area contributed by atoms with Gasteiger partial charge in [0.1, 0.15) is 11.6 Å². The van der Waals surface area contributed by atoms with Crippen LogP contribution in [0, 0.1) is 11.6 Å². The molecule has 0 radical (unpaired) electrons. The Morgan fingerprint density at radius 3 is 2.39 bits per heavy atom. The molecule has 2 nitrogen and oxygen atoms in total. The van der Waals surface area contributed by atoms with E-state index >= 15 is 0 Å². The lowest BCUT2D eigenvalue weighted by Gasteiger charge is -2.18. The molecular weight excluding hydrogens is 236 g/mol. The Morgan fingerprint density at radius 2 is 1.83 bits per heavy atom. The van der Waals surface area contributed by atoms with E-state index in [-0.39, 0.29) is 6.04 Å². The molecule has 0 fully saturated rings. The van der Waals surface area contributed by atoms with Crippen molar-refractivity contribution in [3.05, 3.63) is 35.4 Å².